The normalized spacial score (nSPS) is 16.3. The number of anilines is 1. The third-order valence-corrected chi connectivity index (χ3v) is 4.91. The molecule has 2 N–H and O–H groups in total. The number of methoxy groups -OCH3 is 1. The molecule has 1 atom stereocenters. The van der Waals surface area contributed by atoms with Crippen molar-refractivity contribution in [3.05, 3.63) is 52.7 Å². The fourth-order valence-electron chi connectivity index (χ4n) is 3.11. The molecule has 7 nitrogen and oxygen atoms in total. The van der Waals surface area contributed by atoms with Crippen molar-refractivity contribution in [3.63, 3.8) is 0 Å². The number of ether oxygens (including phenoxy) is 1. The summed E-state index contributed by atoms with van der Waals surface area (Å²) in [6.45, 7) is 0.391. The molecule has 1 saturated heterocycles. The molecule has 2 heterocycles. The van der Waals surface area contributed by atoms with E-state index in [1.807, 2.05) is 0 Å². The lowest BCUT2D eigenvalue weighted by Gasteiger charge is -2.26. The van der Waals surface area contributed by atoms with Crippen molar-refractivity contribution < 1.29 is 27.5 Å². The van der Waals surface area contributed by atoms with Gasteiger partial charge in [-0.2, -0.15) is 13.2 Å². The Morgan fingerprint density at radius 1 is 1.23 bits per heavy atom. The molecule has 2 aromatic rings. The number of carbonyl (C=O) groups excluding carboxylic acids is 2. The van der Waals surface area contributed by atoms with Crippen molar-refractivity contribution in [2.45, 2.75) is 25.1 Å². The Bertz CT molecular complexity index is 938. The molecule has 11 heteroatoms. The number of nitrogens with one attached hydrogen (secondary N) is 2. The van der Waals surface area contributed by atoms with E-state index in [1.165, 1.54) is 24.1 Å². The molecule has 0 aliphatic carbocycles. The summed E-state index contributed by atoms with van der Waals surface area (Å²) in [5, 5.41) is -0.202. The summed E-state index contributed by atoms with van der Waals surface area (Å²) in [5.74, 6) is -0.379. The first-order valence-electron chi connectivity index (χ1n) is 8.94. The highest BCUT2D eigenvalue weighted by Gasteiger charge is 2.35. The number of hydrogen-bond acceptors (Lipinski definition) is 5. The lowest BCUT2D eigenvalue weighted by Crippen LogP contribution is -2.50. The second-order valence-corrected chi connectivity index (χ2v) is 6.96. The van der Waals surface area contributed by atoms with Crippen LogP contribution in [0.4, 0.5) is 19.0 Å². The molecule has 0 bridgehead atoms. The number of halogens is 4. The Hall–Kier alpha value is -3.01. The molecule has 0 spiro atoms. The molecule has 160 valence electrons. The van der Waals surface area contributed by atoms with Crippen LogP contribution >= 0.6 is 11.6 Å². The second kappa shape index (κ2) is 8.78. The van der Waals surface area contributed by atoms with Crippen molar-refractivity contribution in [1.82, 2.24) is 15.8 Å². The van der Waals surface area contributed by atoms with Crippen molar-refractivity contribution >= 4 is 29.2 Å². The average molecular weight is 443 g/mol. The summed E-state index contributed by atoms with van der Waals surface area (Å²) >= 11 is 6.00. The van der Waals surface area contributed by atoms with Crippen LogP contribution in [0.15, 0.2) is 36.5 Å². The number of hydrazine groups is 1. The van der Waals surface area contributed by atoms with Gasteiger partial charge < -0.3 is 9.64 Å². The zero-order valence-electron chi connectivity index (χ0n) is 15.8. The van der Waals surface area contributed by atoms with Gasteiger partial charge >= 0.3 is 6.18 Å². The van der Waals surface area contributed by atoms with Gasteiger partial charge in [0.1, 0.15) is 17.6 Å². The number of nitrogens with zero attached hydrogens (tertiary/aromatic N) is 2. The first-order valence-corrected chi connectivity index (χ1v) is 9.32. The smallest absolute Gasteiger partial charge is 0.417 e. The van der Waals surface area contributed by atoms with Crippen molar-refractivity contribution in [2.24, 2.45) is 0 Å². The summed E-state index contributed by atoms with van der Waals surface area (Å²) in [6.07, 6.45) is -2.84. The first-order chi connectivity index (χ1) is 14.2. The highest BCUT2D eigenvalue weighted by Crippen LogP contribution is 2.35. The highest BCUT2D eigenvalue weighted by molar-refractivity contribution is 6.33. The molecule has 1 aliphatic rings. The van der Waals surface area contributed by atoms with Crippen molar-refractivity contribution in [3.8, 4) is 5.75 Å². The second-order valence-electron chi connectivity index (χ2n) is 6.55. The van der Waals surface area contributed by atoms with Crippen LogP contribution in [-0.4, -0.2) is 36.5 Å². The average Bonchev–Trinajstić information content (AvgIpc) is 3.20. The minimum Gasteiger partial charge on any atom is -0.497 e. The lowest BCUT2D eigenvalue weighted by molar-refractivity contribution is -0.137. The lowest BCUT2D eigenvalue weighted by atomic mass is 10.2. The van der Waals surface area contributed by atoms with Gasteiger partial charge in [-0.25, -0.2) is 4.98 Å². The molecular weight excluding hydrogens is 425 g/mol. The van der Waals surface area contributed by atoms with E-state index in [0.29, 0.717) is 36.9 Å². The van der Waals surface area contributed by atoms with Crippen LogP contribution in [0.25, 0.3) is 0 Å². The van der Waals surface area contributed by atoms with Crippen LogP contribution in [-0.2, 0) is 11.0 Å². The predicted octanol–water partition coefficient (Wildman–Crippen LogP) is 3.19. The zero-order chi connectivity index (χ0) is 21.9. The van der Waals surface area contributed by atoms with Crippen LogP contribution in [0.1, 0.15) is 28.8 Å². The minimum absolute atomic E-state index is 0.0868. The van der Waals surface area contributed by atoms with E-state index in [9.17, 15) is 22.8 Å². The van der Waals surface area contributed by atoms with Crippen LogP contribution in [0.2, 0.25) is 5.02 Å². The van der Waals surface area contributed by atoms with E-state index in [4.69, 9.17) is 16.3 Å². The summed E-state index contributed by atoms with van der Waals surface area (Å²) in [7, 11) is 1.50. The molecule has 3 rings (SSSR count). The predicted molar refractivity (Wildman–Crippen MR) is 103 cm³/mol. The monoisotopic (exact) mass is 442 g/mol. The van der Waals surface area contributed by atoms with Crippen LogP contribution < -0.4 is 20.5 Å². The number of alkyl halides is 3. The number of amides is 2. The van der Waals surface area contributed by atoms with Gasteiger partial charge in [0.05, 0.1) is 17.7 Å². The quantitative estimate of drug-likeness (QED) is 0.710. The van der Waals surface area contributed by atoms with E-state index in [1.54, 1.807) is 12.1 Å². The number of pyridine rings is 1. The van der Waals surface area contributed by atoms with Gasteiger partial charge in [-0.15, -0.1) is 0 Å². The van der Waals surface area contributed by atoms with E-state index in [0.717, 1.165) is 6.07 Å². The number of aromatic nitrogens is 1. The third-order valence-electron chi connectivity index (χ3n) is 4.63. The molecule has 1 aromatic heterocycles. The molecule has 0 radical (unpaired) electrons. The Kier molecular flexibility index (Phi) is 6.35. The molecule has 0 saturated carbocycles. The zero-order valence-corrected chi connectivity index (χ0v) is 16.5. The van der Waals surface area contributed by atoms with Crippen molar-refractivity contribution in [1.29, 1.82) is 0 Å². The highest BCUT2D eigenvalue weighted by atomic mass is 35.5. The molecule has 1 fully saturated rings. The van der Waals surface area contributed by atoms with E-state index in [2.05, 4.69) is 15.8 Å². The van der Waals surface area contributed by atoms with E-state index < -0.39 is 29.6 Å². The summed E-state index contributed by atoms with van der Waals surface area (Å²) < 4.78 is 43.5. The topological polar surface area (TPSA) is 83.6 Å². The Morgan fingerprint density at radius 3 is 2.53 bits per heavy atom. The molecule has 1 unspecified atom stereocenters. The molecular formula is C19H18ClF3N4O3. The van der Waals surface area contributed by atoms with Crippen LogP contribution in [0.5, 0.6) is 5.75 Å². The number of rotatable bonds is 4. The minimum atomic E-state index is -4.57. The fourth-order valence-corrected chi connectivity index (χ4v) is 3.38. The van der Waals surface area contributed by atoms with Gasteiger partial charge in [0.25, 0.3) is 11.8 Å². The Morgan fingerprint density at radius 2 is 1.93 bits per heavy atom. The van der Waals surface area contributed by atoms with Crippen LogP contribution in [0.3, 0.4) is 0 Å². The van der Waals surface area contributed by atoms with Gasteiger partial charge in [0.2, 0.25) is 0 Å². The maximum absolute atomic E-state index is 12.8. The fraction of sp³-hybridized carbons (Fsp3) is 0.316. The van der Waals surface area contributed by atoms with Gasteiger partial charge in [0, 0.05) is 18.3 Å². The van der Waals surface area contributed by atoms with Gasteiger partial charge in [-0.3, -0.25) is 20.4 Å². The van der Waals surface area contributed by atoms with Crippen LogP contribution in [0, 0.1) is 0 Å². The maximum Gasteiger partial charge on any atom is 0.417 e. The van der Waals surface area contributed by atoms with Gasteiger partial charge in [-0.05, 0) is 43.2 Å². The summed E-state index contributed by atoms with van der Waals surface area (Å²) in [6, 6.07) is 6.33. The van der Waals surface area contributed by atoms with Gasteiger partial charge in [-0.1, -0.05) is 11.6 Å². The standard InChI is InChI=1S/C19H18ClF3N4O3/c1-30-13-6-4-11(5-7-13)17(28)25-26-18(29)15-3-2-8-27(15)16-14(20)9-12(10-24-16)19(21,22)23/h4-7,9-10,15H,2-3,8H2,1H3,(H,25,28)(H,26,29). The number of benzene rings is 1. The maximum atomic E-state index is 12.8. The Balaban J connectivity index is 1.66. The van der Waals surface area contributed by atoms with Crippen molar-refractivity contribution in [2.75, 3.05) is 18.6 Å². The van der Waals surface area contributed by atoms with E-state index >= 15 is 0 Å². The summed E-state index contributed by atoms with van der Waals surface area (Å²) in [5.41, 5.74) is 4.01. The number of hydrogen-bond donors (Lipinski definition) is 2. The SMILES string of the molecule is COc1ccc(C(=O)NNC(=O)C2CCCN2c2ncc(C(F)(F)F)cc2Cl)cc1. The third kappa shape index (κ3) is 4.76. The van der Waals surface area contributed by atoms with E-state index in [-0.39, 0.29) is 10.8 Å². The first kappa shape index (κ1) is 21.7. The Labute approximate surface area is 175 Å². The molecule has 2 amide bonds. The van der Waals surface area contributed by atoms with Gasteiger partial charge in [0.15, 0.2) is 0 Å². The number of carbonyl (C=O) groups is 2. The molecule has 30 heavy (non-hydrogen) atoms. The molecule has 1 aromatic carbocycles. The molecule has 1 aliphatic heterocycles. The largest absolute Gasteiger partial charge is 0.497 e. The summed E-state index contributed by atoms with van der Waals surface area (Å²) in [4.78, 5) is 30.1.